The van der Waals surface area contributed by atoms with Crippen LogP contribution in [0.5, 0.6) is 0 Å². The van der Waals surface area contributed by atoms with E-state index < -0.39 is 0 Å². The van der Waals surface area contributed by atoms with Crippen LogP contribution in [0.2, 0.25) is 0 Å². The van der Waals surface area contributed by atoms with Crippen LogP contribution >= 0.6 is 0 Å². The number of allylic oxidation sites excluding steroid dienone is 12. The quantitative estimate of drug-likeness (QED) is 0.390. The van der Waals surface area contributed by atoms with Crippen LogP contribution in [0.4, 0.5) is 5.69 Å². The van der Waals surface area contributed by atoms with Crippen molar-refractivity contribution in [3.63, 3.8) is 0 Å². The highest BCUT2D eigenvalue weighted by molar-refractivity contribution is 5.75. The van der Waals surface area contributed by atoms with E-state index in [0.29, 0.717) is 0 Å². The lowest BCUT2D eigenvalue weighted by Crippen LogP contribution is -2.38. The molecule has 2 aromatic rings. The molecule has 0 saturated carbocycles. The van der Waals surface area contributed by atoms with E-state index in [1.807, 2.05) is 30.4 Å². The van der Waals surface area contributed by atoms with Crippen LogP contribution in [0.15, 0.2) is 163 Å². The van der Waals surface area contributed by atoms with Crippen molar-refractivity contribution in [1.29, 1.82) is 0 Å². The molecule has 1 aliphatic carbocycles. The van der Waals surface area contributed by atoms with Crippen LogP contribution in [-0.4, -0.2) is 0 Å². The Morgan fingerprint density at radius 3 is 2.00 bits per heavy atom. The molecule has 0 fully saturated rings. The maximum Gasteiger partial charge on any atom is 0.0496 e. The van der Waals surface area contributed by atoms with Crippen LogP contribution in [0.3, 0.4) is 0 Å². The van der Waals surface area contributed by atoms with Crippen LogP contribution in [0, 0.1) is 5.41 Å². The first-order chi connectivity index (χ1) is 17.6. The first kappa shape index (κ1) is 25.0. The zero-order valence-electron chi connectivity index (χ0n) is 21.5. The van der Waals surface area contributed by atoms with Gasteiger partial charge in [0.05, 0.1) is 0 Å². The Hall–Kier alpha value is -4.10. The molecule has 2 aromatic carbocycles. The zero-order chi connectivity index (χ0) is 25.7. The molecule has 4 rings (SSSR count). The Morgan fingerprint density at radius 1 is 0.778 bits per heavy atom. The van der Waals surface area contributed by atoms with Crippen LogP contribution in [0.1, 0.15) is 26.7 Å². The fourth-order valence-electron chi connectivity index (χ4n) is 5.76. The van der Waals surface area contributed by atoms with E-state index in [1.54, 1.807) is 0 Å². The largest absolute Gasteiger partial charge is 0.310 e. The van der Waals surface area contributed by atoms with Crippen molar-refractivity contribution >= 4 is 5.69 Å². The fraction of sp³-hybridized carbons (Fsp3) is 0.143. The summed E-state index contributed by atoms with van der Waals surface area (Å²) >= 11 is 0. The van der Waals surface area contributed by atoms with Gasteiger partial charge >= 0.3 is 0 Å². The molecule has 0 aromatic heterocycles. The second-order valence-electron chi connectivity index (χ2n) is 9.14. The lowest BCUT2D eigenvalue weighted by molar-refractivity contribution is 0.457. The van der Waals surface area contributed by atoms with Gasteiger partial charge in [0.15, 0.2) is 0 Å². The molecule has 1 heteroatoms. The van der Waals surface area contributed by atoms with Crippen molar-refractivity contribution in [1.82, 2.24) is 0 Å². The van der Waals surface area contributed by atoms with Gasteiger partial charge in [-0.1, -0.05) is 111 Å². The maximum atomic E-state index is 4.28. The lowest BCUT2D eigenvalue weighted by atomic mass is 9.66. The standard InChI is InChI=1S/C35H35N/c1-7-16-29-25-35(24-26(29)9-3)31(10-4)33(11-5)36(34(12-6)32(35)17-8-2)30-22-20-28(21-23-30)27-18-14-13-15-19-27/h7-23H,2-5,24-25H2,1,6H3/b16-7-,32-17+,34-12+. The minimum atomic E-state index is -0.250. The predicted octanol–water partition coefficient (Wildman–Crippen LogP) is 9.65. The zero-order valence-corrected chi connectivity index (χ0v) is 21.5. The van der Waals surface area contributed by atoms with Crippen molar-refractivity contribution < 1.29 is 0 Å². The van der Waals surface area contributed by atoms with Crippen molar-refractivity contribution in [3.8, 4) is 11.1 Å². The van der Waals surface area contributed by atoms with E-state index in [0.717, 1.165) is 29.9 Å². The normalized spacial score (nSPS) is 22.2. The molecule has 0 bridgehead atoms. The Labute approximate surface area is 216 Å². The van der Waals surface area contributed by atoms with Gasteiger partial charge in [-0.3, -0.25) is 0 Å². The Kier molecular flexibility index (Phi) is 7.41. The number of nitrogens with zero attached hydrogens (tertiary/aromatic N) is 1. The van der Waals surface area contributed by atoms with Crippen molar-refractivity contribution in [3.05, 3.63) is 163 Å². The van der Waals surface area contributed by atoms with Gasteiger partial charge in [0.25, 0.3) is 0 Å². The van der Waals surface area contributed by atoms with Gasteiger partial charge in [-0.2, -0.15) is 0 Å². The van der Waals surface area contributed by atoms with Crippen molar-refractivity contribution in [2.24, 2.45) is 5.41 Å². The Balaban J connectivity index is 1.92. The topological polar surface area (TPSA) is 3.24 Å². The molecule has 1 atom stereocenters. The van der Waals surface area contributed by atoms with Gasteiger partial charge in [-0.05, 0) is 78.3 Å². The number of benzene rings is 2. The van der Waals surface area contributed by atoms with E-state index in [2.05, 4.69) is 118 Å². The minimum absolute atomic E-state index is 0.250. The third kappa shape index (κ3) is 4.12. The third-order valence-corrected chi connectivity index (χ3v) is 7.26. The van der Waals surface area contributed by atoms with Crippen LogP contribution in [-0.2, 0) is 0 Å². The molecule has 0 saturated heterocycles. The summed E-state index contributed by atoms with van der Waals surface area (Å²) in [5, 5.41) is 0. The van der Waals surface area contributed by atoms with Crippen LogP contribution < -0.4 is 4.90 Å². The van der Waals surface area contributed by atoms with Gasteiger partial charge in [0, 0.05) is 22.5 Å². The SMILES string of the molecule is C=C/C=C1\C(=C/C)N(c2ccc(-c3ccccc3)cc2)C(C=C)=C(C=C)C12CC(C=C)=C(/C=C\C)C2. The molecule has 180 valence electrons. The number of hydrogen-bond donors (Lipinski definition) is 0. The first-order valence-corrected chi connectivity index (χ1v) is 12.5. The molecule has 1 unspecified atom stereocenters. The second-order valence-corrected chi connectivity index (χ2v) is 9.14. The average molecular weight is 470 g/mol. The molecule has 1 spiro atoms. The highest BCUT2D eigenvalue weighted by Gasteiger charge is 2.48. The number of rotatable bonds is 7. The smallest absolute Gasteiger partial charge is 0.0496 e. The minimum Gasteiger partial charge on any atom is -0.310 e. The summed E-state index contributed by atoms with van der Waals surface area (Å²) in [5.41, 5.74) is 10.5. The first-order valence-electron chi connectivity index (χ1n) is 12.5. The molecule has 0 amide bonds. The van der Waals surface area contributed by atoms with E-state index in [1.165, 1.54) is 33.4 Å². The third-order valence-electron chi connectivity index (χ3n) is 7.26. The molecular weight excluding hydrogens is 434 g/mol. The molecule has 2 aliphatic rings. The molecule has 0 N–H and O–H groups in total. The summed E-state index contributed by atoms with van der Waals surface area (Å²) in [6.07, 6.45) is 18.4. The molecule has 0 radical (unpaired) electrons. The van der Waals surface area contributed by atoms with E-state index in [-0.39, 0.29) is 5.41 Å². The fourth-order valence-corrected chi connectivity index (χ4v) is 5.76. The summed E-state index contributed by atoms with van der Waals surface area (Å²) in [7, 11) is 0. The van der Waals surface area contributed by atoms with Gasteiger partial charge in [0.2, 0.25) is 0 Å². The molecule has 1 aliphatic heterocycles. The Morgan fingerprint density at radius 2 is 1.44 bits per heavy atom. The average Bonchev–Trinajstić information content (AvgIpc) is 3.28. The van der Waals surface area contributed by atoms with Crippen molar-refractivity contribution in [2.45, 2.75) is 26.7 Å². The molecule has 36 heavy (non-hydrogen) atoms. The number of hydrogen-bond acceptors (Lipinski definition) is 1. The summed E-state index contributed by atoms with van der Waals surface area (Å²) in [5.74, 6) is 0. The van der Waals surface area contributed by atoms with Gasteiger partial charge in [-0.25, -0.2) is 0 Å². The maximum absolute atomic E-state index is 4.28. The van der Waals surface area contributed by atoms with E-state index in [9.17, 15) is 0 Å². The highest BCUT2D eigenvalue weighted by atomic mass is 15.2. The monoisotopic (exact) mass is 469 g/mol. The van der Waals surface area contributed by atoms with Crippen molar-refractivity contribution in [2.75, 3.05) is 4.90 Å². The van der Waals surface area contributed by atoms with Crippen LogP contribution in [0.25, 0.3) is 11.1 Å². The van der Waals surface area contributed by atoms with Gasteiger partial charge < -0.3 is 4.90 Å². The molecule has 1 heterocycles. The van der Waals surface area contributed by atoms with Gasteiger partial charge in [-0.15, -0.1) is 0 Å². The van der Waals surface area contributed by atoms with E-state index >= 15 is 0 Å². The van der Waals surface area contributed by atoms with Gasteiger partial charge in [0.1, 0.15) is 0 Å². The summed E-state index contributed by atoms with van der Waals surface area (Å²) in [6, 6.07) is 19.2. The second kappa shape index (κ2) is 10.7. The summed E-state index contributed by atoms with van der Waals surface area (Å²) in [6.45, 7) is 20.9. The number of anilines is 1. The molecular formula is C35H35N. The lowest BCUT2D eigenvalue weighted by Gasteiger charge is -2.46. The summed E-state index contributed by atoms with van der Waals surface area (Å²) < 4.78 is 0. The van der Waals surface area contributed by atoms with E-state index in [4.69, 9.17) is 0 Å². The molecule has 1 nitrogen and oxygen atoms in total. The summed E-state index contributed by atoms with van der Waals surface area (Å²) in [4.78, 5) is 2.31. The Bertz CT molecular complexity index is 1340. The highest BCUT2D eigenvalue weighted by Crippen LogP contribution is 2.59. The predicted molar refractivity (Wildman–Crippen MR) is 158 cm³/mol.